The summed E-state index contributed by atoms with van der Waals surface area (Å²) in [6, 6.07) is 13.2. The Labute approximate surface area is 159 Å². The Balaban J connectivity index is 2.29. The van der Waals surface area contributed by atoms with Crippen molar-refractivity contribution in [3.63, 3.8) is 0 Å². The predicted molar refractivity (Wildman–Crippen MR) is 103 cm³/mol. The van der Waals surface area contributed by atoms with Crippen LogP contribution < -0.4 is 0 Å². The maximum absolute atomic E-state index is 13.0. The Morgan fingerprint density at radius 1 is 1.07 bits per heavy atom. The molecule has 2 aromatic carbocycles. The number of benzene rings is 2. The van der Waals surface area contributed by atoms with Crippen LogP contribution in [0, 0.1) is 6.92 Å². The number of hydrogen-bond acceptors (Lipinski definition) is 5. The number of aliphatic hydroxyl groups excluding tert-OH is 1. The summed E-state index contributed by atoms with van der Waals surface area (Å²) in [5.41, 5.74) is 2.10. The maximum Gasteiger partial charge on any atom is 0.337 e. The van der Waals surface area contributed by atoms with Crippen LogP contribution in [0.2, 0.25) is 0 Å². The van der Waals surface area contributed by atoms with E-state index < -0.39 is 16.0 Å². The van der Waals surface area contributed by atoms with Gasteiger partial charge in [-0.2, -0.15) is 4.31 Å². The molecule has 2 aromatic rings. The molecule has 6 nitrogen and oxygen atoms in total. The number of aryl methyl sites for hydroxylation is 1. The summed E-state index contributed by atoms with van der Waals surface area (Å²) >= 11 is 0. The Hall–Kier alpha value is -2.48. The smallest absolute Gasteiger partial charge is 0.337 e. The molecule has 0 fully saturated rings. The zero-order valence-electron chi connectivity index (χ0n) is 15.3. The average molecular weight is 389 g/mol. The highest BCUT2D eigenvalue weighted by atomic mass is 32.2. The van der Waals surface area contributed by atoms with Gasteiger partial charge in [0.15, 0.2) is 0 Å². The van der Waals surface area contributed by atoms with E-state index in [9.17, 15) is 13.2 Å². The van der Waals surface area contributed by atoms with Crippen LogP contribution in [0.15, 0.2) is 65.6 Å². The largest absolute Gasteiger partial charge is 0.465 e. The topological polar surface area (TPSA) is 83.9 Å². The van der Waals surface area contributed by atoms with Crippen LogP contribution in [-0.4, -0.2) is 44.1 Å². The third-order valence-corrected chi connectivity index (χ3v) is 5.80. The van der Waals surface area contributed by atoms with Gasteiger partial charge in [0.05, 0.1) is 24.2 Å². The summed E-state index contributed by atoms with van der Waals surface area (Å²) < 4.78 is 32.0. The molecule has 0 saturated carbocycles. The van der Waals surface area contributed by atoms with Crippen molar-refractivity contribution in [2.24, 2.45) is 0 Å². The second kappa shape index (κ2) is 9.45. The minimum Gasteiger partial charge on any atom is -0.465 e. The fraction of sp³-hybridized carbons (Fsp3) is 0.250. The van der Waals surface area contributed by atoms with Crippen LogP contribution in [-0.2, 0) is 21.3 Å². The highest BCUT2D eigenvalue weighted by Gasteiger charge is 2.23. The molecule has 2 rings (SSSR count). The third-order valence-electron chi connectivity index (χ3n) is 3.97. The monoisotopic (exact) mass is 389 g/mol. The minimum atomic E-state index is -3.72. The zero-order chi connectivity index (χ0) is 19.9. The van der Waals surface area contributed by atoms with Gasteiger partial charge in [0, 0.05) is 13.1 Å². The molecule has 0 atom stereocenters. The SMILES string of the molecule is COC(=O)c1ccc(CN(C/C=C/CO)S(=O)(=O)c2ccc(C)cc2)cc1. The molecule has 0 aliphatic rings. The first-order chi connectivity index (χ1) is 12.9. The minimum absolute atomic E-state index is 0.121. The van der Waals surface area contributed by atoms with Crippen molar-refractivity contribution in [3.8, 4) is 0 Å². The van der Waals surface area contributed by atoms with Gasteiger partial charge in [-0.05, 0) is 36.8 Å². The lowest BCUT2D eigenvalue weighted by atomic mass is 10.1. The van der Waals surface area contributed by atoms with Crippen molar-refractivity contribution in [3.05, 3.63) is 77.4 Å². The lowest BCUT2D eigenvalue weighted by Gasteiger charge is -2.21. The summed E-state index contributed by atoms with van der Waals surface area (Å²) in [4.78, 5) is 11.7. The molecule has 0 unspecified atom stereocenters. The number of esters is 1. The van der Waals surface area contributed by atoms with Crippen molar-refractivity contribution in [1.82, 2.24) is 4.31 Å². The number of ether oxygens (including phenoxy) is 1. The Kier molecular flexibility index (Phi) is 7.29. The number of sulfonamides is 1. The zero-order valence-corrected chi connectivity index (χ0v) is 16.1. The van der Waals surface area contributed by atoms with Crippen LogP contribution >= 0.6 is 0 Å². The van der Waals surface area contributed by atoms with E-state index in [0.29, 0.717) is 5.56 Å². The van der Waals surface area contributed by atoms with Crippen molar-refractivity contribution in [1.29, 1.82) is 0 Å². The highest BCUT2D eigenvalue weighted by molar-refractivity contribution is 7.89. The van der Waals surface area contributed by atoms with E-state index in [1.165, 1.54) is 17.5 Å². The van der Waals surface area contributed by atoms with Gasteiger partial charge < -0.3 is 9.84 Å². The van der Waals surface area contributed by atoms with Crippen LogP contribution in [0.3, 0.4) is 0 Å². The van der Waals surface area contributed by atoms with Gasteiger partial charge >= 0.3 is 5.97 Å². The number of nitrogens with zero attached hydrogens (tertiary/aromatic N) is 1. The molecule has 0 bridgehead atoms. The number of carbonyl (C=O) groups excluding carboxylic acids is 1. The van der Waals surface area contributed by atoms with Gasteiger partial charge in [0.2, 0.25) is 10.0 Å². The molecule has 0 aliphatic heterocycles. The number of aliphatic hydroxyl groups is 1. The first-order valence-corrected chi connectivity index (χ1v) is 9.82. The number of carbonyl (C=O) groups is 1. The molecular formula is C20H23NO5S. The first-order valence-electron chi connectivity index (χ1n) is 8.38. The second-order valence-electron chi connectivity index (χ2n) is 5.95. The number of rotatable bonds is 8. The van der Waals surface area contributed by atoms with Crippen molar-refractivity contribution < 1.29 is 23.1 Å². The van der Waals surface area contributed by atoms with E-state index >= 15 is 0 Å². The third kappa shape index (κ3) is 5.50. The average Bonchev–Trinajstić information content (AvgIpc) is 2.67. The number of hydrogen-bond donors (Lipinski definition) is 1. The Bertz CT molecular complexity index is 887. The molecule has 27 heavy (non-hydrogen) atoms. The summed E-state index contributed by atoms with van der Waals surface area (Å²) in [6.45, 7) is 1.98. The molecule has 0 heterocycles. The van der Waals surface area contributed by atoms with E-state index in [4.69, 9.17) is 5.11 Å². The molecule has 0 saturated heterocycles. The molecule has 7 heteroatoms. The fourth-order valence-electron chi connectivity index (χ4n) is 2.44. The highest BCUT2D eigenvalue weighted by Crippen LogP contribution is 2.19. The van der Waals surface area contributed by atoms with E-state index in [-0.39, 0.29) is 24.6 Å². The predicted octanol–water partition coefficient (Wildman–Crippen LogP) is 2.52. The standard InChI is InChI=1S/C20H23NO5S/c1-16-5-11-19(12-6-16)27(24,25)21(13-3-4-14-22)15-17-7-9-18(10-8-17)20(23)26-2/h3-12,22H,13-15H2,1-2H3/b4-3+. The van der Waals surface area contributed by atoms with Gasteiger partial charge in [0.25, 0.3) is 0 Å². The van der Waals surface area contributed by atoms with Crippen LogP contribution in [0.25, 0.3) is 0 Å². The second-order valence-corrected chi connectivity index (χ2v) is 7.89. The quantitative estimate of drug-likeness (QED) is 0.554. The van der Waals surface area contributed by atoms with Crippen molar-refractivity contribution in [2.75, 3.05) is 20.3 Å². The van der Waals surface area contributed by atoms with Gasteiger partial charge in [-0.1, -0.05) is 42.0 Å². The lowest BCUT2D eigenvalue weighted by molar-refractivity contribution is 0.0600. The summed E-state index contributed by atoms with van der Waals surface area (Å²) in [5, 5.41) is 8.93. The van der Waals surface area contributed by atoms with E-state index in [2.05, 4.69) is 4.74 Å². The molecule has 0 amide bonds. The molecule has 0 aliphatic carbocycles. The van der Waals surface area contributed by atoms with Gasteiger partial charge in [-0.3, -0.25) is 0 Å². The van der Waals surface area contributed by atoms with Crippen LogP contribution in [0.4, 0.5) is 0 Å². The normalized spacial score (nSPS) is 11.9. The van der Waals surface area contributed by atoms with Gasteiger partial charge in [-0.15, -0.1) is 0 Å². The first kappa shape index (κ1) is 20.8. The summed E-state index contributed by atoms with van der Waals surface area (Å²) in [7, 11) is -2.41. The molecule has 0 aromatic heterocycles. The van der Waals surface area contributed by atoms with Gasteiger partial charge in [-0.25, -0.2) is 13.2 Å². The maximum atomic E-state index is 13.0. The van der Waals surface area contributed by atoms with E-state index in [0.717, 1.165) is 11.1 Å². The van der Waals surface area contributed by atoms with E-state index in [1.54, 1.807) is 54.6 Å². The number of methoxy groups -OCH3 is 1. The summed E-state index contributed by atoms with van der Waals surface area (Å²) in [6.07, 6.45) is 3.10. The van der Waals surface area contributed by atoms with Crippen LogP contribution in [0.1, 0.15) is 21.5 Å². The lowest BCUT2D eigenvalue weighted by Crippen LogP contribution is -2.31. The molecule has 0 spiro atoms. The Morgan fingerprint density at radius 3 is 2.26 bits per heavy atom. The Morgan fingerprint density at radius 2 is 1.70 bits per heavy atom. The molecule has 1 N–H and O–H groups in total. The fourth-order valence-corrected chi connectivity index (χ4v) is 3.82. The van der Waals surface area contributed by atoms with Crippen molar-refractivity contribution >= 4 is 16.0 Å². The molecule has 144 valence electrons. The molecule has 0 radical (unpaired) electrons. The van der Waals surface area contributed by atoms with E-state index in [1.807, 2.05) is 6.92 Å². The summed E-state index contributed by atoms with van der Waals surface area (Å²) in [5.74, 6) is -0.448. The van der Waals surface area contributed by atoms with Crippen LogP contribution in [0.5, 0.6) is 0 Å². The molecular weight excluding hydrogens is 366 g/mol. The van der Waals surface area contributed by atoms with Crippen molar-refractivity contribution in [2.45, 2.75) is 18.4 Å². The van der Waals surface area contributed by atoms with Gasteiger partial charge in [0.1, 0.15) is 0 Å².